The maximum atomic E-state index is 12.5. The van der Waals surface area contributed by atoms with Gasteiger partial charge in [0.1, 0.15) is 5.75 Å². The van der Waals surface area contributed by atoms with Crippen molar-refractivity contribution < 1.29 is 27.4 Å². The summed E-state index contributed by atoms with van der Waals surface area (Å²) in [6, 6.07) is 4.11. The highest BCUT2D eigenvalue weighted by molar-refractivity contribution is 5.70. The van der Waals surface area contributed by atoms with Crippen LogP contribution in [0, 0.1) is 11.3 Å². The van der Waals surface area contributed by atoms with Crippen LogP contribution in [0.3, 0.4) is 0 Å². The molecule has 0 aliphatic heterocycles. The highest BCUT2D eigenvalue weighted by Gasteiger charge is 2.31. The Kier molecular flexibility index (Phi) is 4.15. The van der Waals surface area contributed by atoms with E-state index in [9.17, 15) is 18.0 Å². The van der Waals surface area contributed by atoms with Crippen molar-refractivity contribution in [3.8, 4) is 11.8 Å². The zero-order chi connectivity index (χ0) is 13.8. The summed E-state index contributed by atoms with van der Waals surface area (Å²) in [5, 5.41) is 8.61. The first kappa shape index (κ1) is 13.8. The third kappa shape index (κ3) is 3.66. The molecule has 0 heterocycles. The van der Waals surface area contributed by atoms with E-state index < -0.39 is 24.3 Å². The second-order valence-electron chi connectivity index (χ2n) is 3.22. The van der Waals surface area contributed by atoms with Crippen molar-refractivity contribution in [3.05, 3.63) is 29.3 Å². The summed E-state index contributed by atoms with van der Waals surface area (Å²) in [4.78, 5) is 10.8. The fraction of sp³-hybridized carbons (Fsp3) is 0.273. The van der Waals surface area contributed by atoms with Crippen LogP contribution in [0.4, 0.5) is 13.2 Å². The zero-order valence-corrected chi connectivity index (χ0v) is 9.25. The number of nitriles is 1. The van der Waals surface area contributed by atoms with Crippen molar-refractivity contribution in [2.24, 2.45) is 0 Å². The number of esters is 1. The summed E-state index contributed by atoms with van der Waals surface area (Å²) in [7, 11) is 1.12. The molecule has 96 valence electrons. The molecular weight excluding hydrogens is 251 g/mol. The predicted octanol–water partition coefficient (Wildman–Crippen LogP) is 2.13. The summed E-state index contributed by atoms with van der Waals surface area (Å²) in [6.07, 6.45) is -4.59. The van der Waals surface area contributed by atoms with Crippen molar-refractivity contribution in [1.82, 2.24) is 0 Å². The number of hydrogen-bond acceptors (Lipinski definition) is 4. The van der Waals surface area contributed by atoms with E-state index in [0.717, 1.165) is 13.2 Å². The molecule has 0 atom stereocenters. The van der Waals surface area contributed by atoms with Crippen LogP contribution in [0.25, 0.3) is 0 Å². The number of methoxy groups -OCH3 is 1. The molecule has 0 fully saturated rings. The monoisotopic (exact) mass is 259 g/mol. The molecular formula is C11H8F3NO3. The Labute approximate surface area is 101 Å². The van der Waals surface area contributed by atoms with E-state index in [-0.39, 0.29) is 11.3 Å². The van der Waals surface area contributed by atoms with Crippen LogP contribution in [0.15, 0.2) is 18.2 Å². The SMILES string of the molecule is COC(=O)COc1cc(C#N)cc(C(F)(F)F)c1. The van der Waals surface area contributed by atoms with E-state index in [2.05, 4.69) is 4.74 Å². The van der Waals surface area contributed by atoms with Gasteiger partial charge in [-0.1, -0.05) is 0 Å². The van der Waals surface area contributed by atoms with Crippen molar-refractivity contribution in [3.63, 3.8) is 0 Å². The third-order valence-electron chi connectivity index (χ3n) is 1.95. The number of halogens is 3. The molecule has 0 aliphatic rings. The van der Waals surface area contributed by atoms with Crippen LogP contribution in [-0.2, 0) is 15.7 Å². The molecule has 0 N–H and O–H groups in total. The highest BCUT2D eigenvalue weighted by Crippen LogP contribution is 2.32. The van der Waals surface area contributed by atoms with E-state index >= 15 is 0 Å². The molecule has 18 heavy (non-hydrogen) atoms. The van der Waals surface area contributed by atoms with Gasteiger partial charge in [-0.3, -0.25) is 0 Å². The smallest absolute Gasteiger partial charge is 0.416 e. The molecule has 0 bridgehead atoms. The van der Waals surface area contributed by atoms with Gasteiger partial charge in [-0.25, -0.2) is 4.79 Å². The van der Waals surface area contributed by atoms with Gasteiger partial charge in [-0.05, 0) is 18.2 Å². The average Bonchev–Trinajstić information content (AvgIpc) is 2.34. The Morgan fingerprint density at radius 1 is 1.39 bits per heavy atom. The molecule has 4 nitrogen and oxygen atoms in total. The summed E-state index contributed by atoms with van der Waals surface area (Å²) < 4.78 is 46.6. The number of hydrogen-bond donors (Lipinski definition) is 0. The molecule has 0 amide bonds. The fourth-order valence-corrected chi connectivity index (χ4v) is 1.11. The summed E-state index contributed by atoms with van der Waals surface area (Å²) in [5.74, 6) is -0.947. The predicted molar refractivity (Wildman–Crippen MR) is 53.7 cm³/mol. The number of alkyl halides is 3. The molecule has 0 aliphatic carbocycles. The van der Waals surface area contributed by atoms with Gasteiger partial charge in [0, 0.05) is 0 Å². The van der Waals surface area contributed by atoms with E-state index in [0.29, 0.717) is 12.1 Å². The minimum absolute atomic E-state index is 0.204. The molecule has 0 unspecified atom stereocenters. The van der Waals surface area contributed by atoms with Crippen molar-refractivity contribution in [2.45, 2.75) is 6.18 Å². The molecule has 0 saturated heterocycles. The van der Waals surface area contributed by atoms with Crippen LogP contribution in [0.5, 0.6) is 5.75 Å². The number of carbonyl (C=O) groups is 1. The van der Waals surface area contributed by atoms with Gasteiger partial charge in [0.2, 0.25) is 0 Å². The van der Waals surface area contributed by atoms with Gasteiger partial charge in [-0.2, -0.15) is 18.4 Å². The summed E-state index contributed by atoms with van der Waals surface area (Å²) >= 11 is 0. The van der Waals surface area contributed by atoms with Crippen LogP contribution < -0.4 is 4.74 Å². The Balaban J connectivity index is 2.99. The Morgan fingerprint density at radius 2 is 2.06 bits per heavy atom. The van der Waals surface area contributed by atoms with E-state index in [1.165, 1.54) is 0 Å². The fourth-order valence-electron chi connectivity index (χ4n) is 1.11. The Bertz CT molecular complexity index is 491. The van der Waals surface area contributed by atoms with Gasteiger partial charge in [0.15, 0.2) is 6.61 Å². The number of ether oxygens (including phenoxy) is 2. The van der Waals surface area contributed by atoms with Crippen LogP contribution in [0.1, 0.15) is 11.1 Å². The Hall–Kier alpha value is -2.23. The molecule has 0 spiro atoms. The summed E-state index contributed by atoms with van der Waals surface area (Å²) in [6.45, 7) is -0.525. The quantitative estimate of drug-likeness (QED) is 0.780. The first-order valence-electron chi connectivity index (χ1n) is 4.69. The molecule has 0 saturated carbocycles. The molecule has 1 rings (SSSR count). The van der Waals surface area contributed by atoms with Crippen LogP contribution in [0.2, 0.25) is 0 Å². The first-order chi connectivity index (χ1) is 8.36. The normalized spacial score (nSPS) is 10.6. The number of carbonyl (C=O) groups excluding carboxylic acids is 1. The second-order valence-corrected chi connectivity index (χ2v) is 3.22. The molecule has 0 aromatic heterocycles. The lowest BCUT2D eigenvalue weighted by Crippen LogP contribution is -2.13. The lowest BCUT2D eigenvalue weighted by atomic mass is 10.1. The summed E-state index contributed by atoms with van der Waals surface area (Å²) in [5.41, 5.74) is -1.22. The van der Waals surface area contributed by atoms with E-state index in [4.69, 9.17) is 10.00 Å². The van der Waals surface area contributed by atoms with Gasteiger partial charge >= 0.3 is 12.1 Å². The van der Waals surface area contributed by atoms with Crippen molar-refractivity contribution in [1.29, 1.82) is 5.26 Å². The van der Waals surface area contributed by atoms with Gasteiger partial charge in [-0.15, -0.1) is 0 Å². The van der Waals surface area contributed by atoms with Gasteiger partial charge in [0.25, 0.3) is 0 Å². The number of nitrogens with zero attached hydrogens (tertiary/aromatic N) is 1. The van der Waals surface area contributed by atoms with E-state index in [1.54, 1.807) is 6.07 Å². The topological polar surface area (TPSA) is 59.3 Å². The van der Waals surface area contributed by atoms with E-state index in [1.807, 2.05) is 0 Å². The van der Waals surface area contributed by atoms with Crippen LogP contribution in [-0.4, -0.2) is 19.7 Å². The first-order valence-corrected chi connectivity index (χ1v) is 4.69. The highest BCUT2D eigenvalue weighted by atomic mass is 19.4. The largest absolute Gasteiger partial charge is 0.482 e. The standard InChI is InChI=1S/C11H8F3NO3/c1-17-10(16)6-18-9-3-7(5-15)2-8(4-9)11(12,13)14/h2-4H,6H2,1H3. The minimum Gasteiger partial charge on any atom is -0.482 e. The number of rotatable bonds is 3. The second kappa shape index (κ2) is 5.40. The average molecular weight is 259 g/mol. The lowest BCUT2D eigenvalue weighted by Gasteiger charge is -2.10. The third-order valence-corrected chi connectivity index (χ3v) is 1.95. The van der Waals surface area contributed by atoms with Gasteiger partial charge in [0.05, 0.1) is 24.3 Å². The lowest BCUT2D eigenvalue weighted by molar-refractivity contribution is -0.142. The molecule has 1 aromatic rings. The maximum absolute atomic E-state index is 12.5. The van der Waals surface area contributed by atoms with Gasteiger partial charge < -0.3 is 9.47 Å². The minimum atomic E-state index is -4.59. The maximum Gasteiger partial charge on any atom is 0.416 e. The van der Waals surface area contributed by atoms with Crippen molar-refractivity contribution >= 4 is 5.97 Å². The van der Waals surface area contributed by atoms with Crippen LogP contribution >= 0.6 is 0 Å². The van der Waals surface area contributed by atoms with Crippen molar-refractivity contribution in [2.75, 3.05) is 13.7 Å². The molecule has 7 heteroatoms. The molecule has 1 aromatic carbocycles. The zero-order valence-electron chi connectivity index (χ0n) is 9.25. The number of benzene rings is 1. The Morgan fingerprint density at radius 3 is 2.56 bits per heavy atom. The molecule has 0 radical (unpaired) electrons.